The molecule has 1 aliphatic rings. The van der Waals surface area contributed by atoms with Crippen molar-refractivity contribution in [1.82, 2.24) is 5.32 Å². The number of phenols is 1. The zero-order valence-electron chi connectivity index (χ0n) is 11.9. The molecule has 24 heavy (non-hydrogen) atoms. The zero-order valence-corrected chi connectivity index (χ0v) is 15.0. The number of hydrogen-bond donors (Lipinski definition) is 2. The fourth-order valence-electron chi connectivity index (χ4n) is 1.93. The van der Waals surface area contributed by atoms with Crippen molar-refractivity contribution in [1.29, 1.82) is 0 Å². The third-order valence-corrected chi connectivity index (χ3v) is 4.85. The SMILES string of the molecule is O=C1NC(=Nc2ccc(F)cc2)S/C1=C/c1cc(Cl)c(O)c(Br)c1. The number of phenolic OH excluding ortho intramolecular Hbond substituents is 1. The summed E-state index contributed by atoms with van der Waals surface area (Å²) < 4.78 is 13.3. The summed E-state index contributed by atoms with van der Waals surface area (Å²) >= 11 is 10.3. The Hall–Kier alpha value is -1.83. The molecule has 0 radical (unpaired) electrons. The van der Waals surface area contributed by atoms with Crippen molar-refractivity contribution >= 4 is 62.1 Å². The van der Waals surface area contributed by atoms with E-state index in [2.05, 4.69) is 26.2 Å². The molecular weight excluding hydrogens is 419 g/mol. The lowest BCUT2D eigenvalue weighted by atomic mass is 10.2. The lowest BCUT2D eigenvalue weighted by molar-refractivity contribution is -0.115. The average Bonchev–Trinajstić information content (AvgIpc) is 2.87. The van der Waals surface area contributed by atoms with Gasteiger partial charge >= 0.3 is 0 Å². The molecule has 0 atom stereocenters. The van der Waals surface area contributed by atoms with Gasteiger partial charge in [-0.2, -0.15) is 0 Å². The van der Waals surface area contributed by atoms with Gasteiger partial charge in [-0.15, -0.1) is 0 Å². The minimum Gasteiger partial charge on any atom is -0.505 e. The molecule has 0 bridgehead atoms. The Morgan fingerprint density at radius 1 is 1.29 bits per heavy atom. The minimum atomic E-state index is -0.350. The highest BCUT2D eigenvalue weighted by atomic mass is 79.9. The van der Waals surface area contributed by atoms with E-state index in [9.17, 15) is 14.3 Å². The monoisotopic (exact) mass is 426 g/mol. The van der Waals surface area contributed by atoms with Gasteiger partial charge in [-0.1, -0.05) is 11.6 Å². The minimum absolute atomic E-state index is 0.0547. The van der Waals surface area contributed by atoms with Crippen LogP contribution in [-0.4, -0.2) is 16.2 Å². The Morgan fingerprint density at radius 2 is 2.00 bits per heavy atom. The van der Waals surface area contributed by atoms with Gasteiger partial charge in [0.05, 0.1) is 20.1 Å². The third kappa shape index (κ3) is 3.80. The van der Waals surface area contributed by atoms with E-state index < -0.39 is 0 Å². The van der Waals surface area contributed by atoms with E-state index in [1.54, 1.807) is 18.2 Å². The maximum absolute atomic E-state index is 12.9. The predicted octanol–water partition coefficient (Wildman–Crippen LogP) is 4.84. The van der Waals surface area contributed by atoms with Gasteiger partial charge in [0.25, 0.3) is 5.91 Å². The van der Waals surface area contributed by atoms with Crippen LogP contribution in [0.5, 0.6) is 5.75 Å². The number of nitrogens with one attached hydrogen (secondary N) is 1. The van der Waals surface area contributed by atoms with Gasteiger partial charge in [0.1, 0.15) is 11.6 Å². The summed E-state index contributed by atoms with van der Waals surface area (Å²) in [5.41, 5.74) is 1.20. The molecule has 1 aliphatic heterocycles. The van der Waals surface area contributed by atoms with Gasteiger partial charge in [0.2, 0.25) is 0 Å². The second kappa shape index (κ2) is 6.96. The summed E-state index contributed by atoms with van der Waals surface area (Å²) in [7, 11) is 0. The van der Waals surface area contributed by atoms with Crippen LogP contribution in [0.2, 0.25) is 5.02 Å². The average molecular weight is 428 g/mol. The fraction of sp³-hybridized carbons (Fsp3) is 0. The van der Waals surface area contributed by atoms with E-state index in [0.717, 1.165) is 11.8 Å². The van der Waals surface area contributed by atoms with Crippen molar-refractivity contribution in [2.24, 2.45) is 4.99 Å². The molecule has 0 saturated carbocycles. The summed E-state index contributed by atoms with van der Waals surface area (Å²) in [6.45, 7) is 0. The van der Waals surface area contributed by atoms with Crippen LogP contribution in [0.1, 0.15) is 5.56 Å². The number of hydrogen-bond acceptors (Lipinski definition) is 4. The number of rotatable bonds is 2. The molecule has 4 nitrogen and oxygen atoms in total. The number of aromatic hydroxyl groups is 1. The molecule has 1 fully saturated rings. The molecule has 2 N–H and O–H groups in total. The van der Waals surface area contributed by atoms with Crippen LogP contribution >= 0.6 is 39.3 Å². The number of halogens is 3. The van der Waals surface area contributed by atoms with Gasteiger partial charge in [-0.05, 0) is 75.7 Å². The molecule has 0 unspecified atom stereocenters. The molecule has 0 spiro atoms. The summed E-state index contributed by atoms with van der Waals surface area (Å²) in [6, 6.07) is 8.84. The van der Waals surface area contributed by atoms with Crippen LogP contribution in [0, 0.1) is 5.82 Å². The molecule has 1 saturated heterocycles. The molecule has 1 heterocycles. The van der Waals surface area contributed by atoms with Gasteiger partial charge in [0.15, 0.2) is 5.17 Å². The molecular formula is C16H9BrClFN2O2S. The Bertz CT molecular complexity index is 861. The van der Waals surface area contributed by atoms with Crippen molar-refractivity contribution in [3.63, 3.8) is 0 Å². The number of nitrogens with zero attached hydrogens (tertiary/aromatic N) is 1. The molecule has 0 aliphatic carbocycles. The first-order chi connectivity index (χ1) is 11.4. The molecule has 122 valence electrons. The van der Waals surface area contributed by atoms with E-state index in [1.165, 1.54) is 24.3 Å². The van der Waals surface area contributed by atoms with E-state index in [4.69, 9.17) is 11.6 Å². The lowest BCUT2D eigenvalue weighted by Gasteiger charge is -2.02. The van der Waals surface area contributed by atoms with Crippen LogP contribution in [0.25, 0.3) is 6.08 Å². The molecule has 2 aromatic rings. The normalized spacial score (nSPS) is 17.5. The van der Waals surface area contributed by atoms with Gasteiger partial charge in [-0.25, -0.2) is 9.38 Å². The molecule has 8 heteroatoms. The Morgan fingerprint density at radius 3 is 2.67 bits per heavy atom. The van der Waals surface area contributed by atoms with Crippen molar-refractivity contribution < 1.29 is 14.3 Å². The Kier molecular flexibility index (Phi) is 4.93. The van der Waals surface area contributed by atoms with E-state index >= 15 is 0 Å². The topological polar surface area (TPSA) is 61.7 Å². The molecule has 1 amide bonds. The summed E-state index contributed by atoms with van der Waals surface area (Å²) in [5, 5.41) is 12.9. The Labute approximate surface area is 154 Å². The highest BCUT2D eigenvalue weighted by Gasteiger charge is 2.24. The van der Waals surface area contributed by atoms with Gasteiger partial charge < -0.3 is 10.4 Å². The predicted molar refractivity (Wildman–Crippen MR) is 98.0 cm³/mol. The standard InChI is InChI=1S/C16H9BrClFN2O2S/c17-11-5-8(6-12(18)14(11)22)7-13-15(23)21-16(24-13)20-10-3-1-9(19)2-4-10/h1-7,22H,(H,20,21,23)/b13-7+. The van der Waals surface area contributed by atoms with Crippen molar-refractivity contribution in [3.05, 3.63) is 62.2 Å². The van der Waals surface area contributed by atoms with Gasteiger partial charge in [0, 0.05) is 0 Å². The smallest absolute Gasteiger partial charge is 0.264 e. The second-order valence-electron chi connectivity index (χ2n) is 4.79. The number of carbonyl (C=O) groups excluding carboxylic acids is 1. The highest BCUT2D eigenvalue weighted by molar-refractivity contribution is 9.10. The Balaban J connectivity index is 1.86. The highest BCUT2D eigenvalue weighted by Crippen LogP contribution is 2.35. The summed E-state index contributed by atoms with van der Waals surface area (Å²) in [6.07, 6.45) is 1.64. The number of benzene rings is 2. The number of thioether (sulfide) groups is 1. The van der Waals surface area contributed by atoms with Crippen LogP contribution in [0.4, 0.5) is 10.1 Å². The lowest BCUT2D eigenvalue weighted by Crippen LogP contribution is -2.19. The number of amides is 1. The van der Waals surface area contributed by atoms with Gasteiger partial charge in [-0.3, -0.25) is 4.79 Å². The number of carbonyl (C=O) groups is 1. The quantitative estimate of drug-likeness (QED) is 0.674. The van der Waals surface area contributed by atoms with E-state index in [1.807, 2.05) is 0 Å². The maximum atomic E-state index is 12.9. The van der Waals surface area contributed by atoms with Crippen LogP contribution in [0.15, 0.2) is 50.8 Å². The maximum Gasteiger partial charge on any atom is 0.264 e. The third-order valence-electron chi connectivity index (χ3n) is 3.05. The first-order valence-electron chi connectivity index (χ1n) is 6.65. The molecule has 0 aromatic heterocycles. The van der Waals surface area contributed by atoms with Crippen LogP contribution < -0.4 is 5.32 Å². The number of amidine groups is 1. The zero-order chi connectivity index (χ0) is 17.3. The van der Waals surface area contributed by atoms with Crippen LogP contribution in [-0.2, 0) is 4.79 Å². The van der Waals surface area contributed by atoms with Crippen molar-refractivity contribution in [2.45, 2.75) is 0 Å². The first-order valence-corrected chi connectivity index (χ1v) is 8.64. The fourth-order valence-corrected chi connectivity index (χ4v) is 3.59. The second-order valence-corrected chi connectivity index (χ2v) is 7.08. The van der Waals surface area contributed by atoms with Crippen molar-refractivity contribution in [2.75, 3.05) is 0 Å². The first kappa shape index (κ1) is 17.0. The van der Waals surface area contributed by atoms with E-state index in [-0.39, 0.29) is 22.5 Å². The molecule has 3 rings (SSSR count). The summed E-state index contributed by atoms with van der Waals surface area (Å²) in [5.74, 6) is -0.695. The van der Waals surface area contributed by atoms with Crippen LogP contribution in [0.3, 0.4) is 0 Å². The number of aliphatic imine (C=N–C) groups is 1. The molecule has 2 aromatic carbocycles. The largest absolute Gasteiger partial charge is 0.505 e. The summed E-state index contributed by atoms with van der Waals surface area (Å²) in [4.78, 5) is 16.7. The van der Waals surface area contributed by atoms with Crippen molar-refractivity contribution in [3.8, 4) is 5.75 Å². The van der Waals surface area contributed by atoms with E-state index in [0.29, 0.717) is 25.8 Å².